The lowest BCUT2D eigenvalue weighted by atomic mass is 9.89. The van der Waals surface area contributed by atoms with Crippen molar-refractivity contribution in [1.29, 1.82) is 0 Å². The summed E-state index contributed by atoms with van der Waals surface area (Å²) in [6, 6.07) is 2.09. The summed E-state index contributed by atoms with van der Waals surface area (Å²) in [6.07, 6.45) is 3.21. The number of aliphatic hydroxyl groups is 1. The Kier molecular flexibility index (Phi) is 3.75. The molecule has 17 heavy (non-hydrogen) atoms. The van der Waals surface area contributed by atoms with Crippen molar-refractivity contribution < 1.29 is 5.11 Å². The van der Waals surface area contributed by atoms with Crippen LogP contribution in [0.15, 0.2) is 6.07 Å². The van der Waals surface area contributed by atoms with Crippen LogP contribution >= 0.6 is 0 Å². The molecule has 0 radical (unpaired) electrons. The second-order valence-corrected chi connectivity index (χ2v) is 4.42. The maximum atomic E-state index is 9.23. The monoisotopic (exact) mass is 237 g/mol. The highest BCUT2D eigenvalue weighted by molar-refractivity contribution is 5.47. The molecule has 0 amide bonds. The first kappa shape index (κ1) is 12.1. The first-order valence-electron chi connectivity index (χ1n) is 6.00. The second-order valence-electron chi connectivity index (χ2n) is 4.42. The van der Waals surface area contributed by atoms with Crippen LogP contribution in [0.1, 0.15) is 32.0 Å². The van der Waals surface area contributed by atoms with Crippen molar-refractivity contribution in [1.82, 2.24) is 9.97 Å². The van der Waals surface area contributed by atoms with Gasteiger partial charge in [0.15, 0.2) is 0 Å². The SMILES string of the molecule is CCCc1nc(NN)cc(NC2CC(O)C2)n1. The molecule has 0 saturated heterocycles. The first-order valence-corrected chi connectivity index (χ1v) is 6.00. The van der Waals surface area contributed by atoms with Gasteiger partial charge >= 0.3 is 0 Å². The van der Waals surface area contributed by atoms with Gasteiger partial charge < -0.3 is 15.8 Å². The third kappa shape index (κ3) is 3.04. The van der Waals surface area contributed by atoms with Gasteiger partial charge in [-0.3, -0.25) is 0 Å². The van der Waals surface area contributed by atoms with Crippen LogP contribution in [0.2, 0.25) is 0 Å². The maximum Gasteiger partial charge on any atom is 0.145 e. The number of aromatic nitrogens is 2. The van der Waals surface area contributed by atoms with E-state index in [2.05, 4.69) is 27.6 Å². The van der Waals surface area contributed by atoms with Crippen molar-refractivity contribution in [3.63, 3.8) is 0 Å². The maximum absolute atomic E-state index is 9.23. The third-order valence-electron chi connectivity index (χ3n) is 2.86. The molecule has 0 unspecified atom stereocenters. The molecule has 1 fully saturated rings. The quantitative estimate of drug-likeness (QED) is 0.443. The number of aryl methyl sites for hydroxylation is 1. The average Bonchev–Trinajstić information content (AvgIpc) is 2.27. The van der Waals surface area contributed by atoms with E-state index in [1.807, 2.05) is 0 Å². The van der Waals surface area contributed by atoms with E-state index in [0.29, 0.717) is 11.9 Å². The molecular formula is C11H19N5O. The molecule has 5 N–H and O–H groups in total. The molecule has 0 spiro atoms. The molecule has 0 bridgehead atoms. The fourth-order valence-electron chi connectivity index (χ4n) is 1.90. The van der Waals surface area contributed by atoms with Crippen LogP contribution in [0.4, 0.5) is 11.6 Å². The second kappa shape index (κ2) is 5.29. The third-order valence-corrected chi connectivity index (χ3v) is 2.86. The number of nitrogens with one attached hydrogen (secondary N) is 2. The van der Waals surface area contributed by atoms with E-state index in [-0.39, 0.29) is 6.10 Å². The number of aliphatic hydroxyl groups excluding tert-OH is 1. The fraction of sp³-hybridized carbons (Fsp3) is 0.636. The van der Waals surface area contributed by atoms with Crippen LogP contribution in [-0.2, 0) is 6.42 Å². The minimum Gasteiger partial charge on any atom is -0.393 e. The molecule has 6 heteroatoms. The van der Waals surface area contributed by atoms with Crippen molar-refractivity contribution in [3.05, 3.63) is 11.9 Å². The number of hydrogen-bond acceptors (Lipinski definition) is 6. The summed E-state index contributed by atoms with van der Waals surface area (Å²) in [5.74, 6) is 7.55. The Balaban J connectivity index is 2.06. The van der Waals surface area contributed by atoms with Gasteiger partial charge in [-0.1, -0.05) is 6.92 Å². The molecule has 94 valence electrons. The molecule has 1 aliphatic carbocycles. The van der Waals surface area contributed by atoms with Gasteiger partial charge in [0.05, 0.1) is 6.10 Å². The average molecular weight is 237 g/mol. The lowest BCUT2D eigenvalue weighted by molar-refractivity contribution is 0.0835. The zero-order chi connectivity index (χ0) is 12.3. The Morgan fingerprint density at radius 1 is 1.41 bits per heavy atom. The van der Waals surface area contributed by atoms with Gasteiger partial charge in [0.2, 0.25) is 0 Å². The van der Waals surface area contributed by atoms with E-state index < -0.39 is 0 Å². The summed E-state index contributed by atoms with van der Waals surface area (Å²) < 4.78 is 0. The van der Waals surface area contributed by atoms with Gasteiger partial charge in [0, 0.05) is 18.5 Å². The van der Waals surface area contributed by atoms with Crippen molar-refractivity contribution in [2.75, 3.05) is 10.7 Å². The molecule has 6 nitrogen and oxygen atoms in total. The van der Waals surface area contributed by atoms with Crippen LogP contribution in [0, 0.1) is 0 Å². The van der Waals surface area contributed by atoms with Gasteiger partial charge in [0.1, 0.15) is 17.5 Å². The number of nitrogen functional groups attached to an aromatic ring is 1. The van der Waals surface area contributed by atoms with E-state index >= 15 is 0 Å². The molecule has 0 atom stereocenters. The highest BCUT2D eigenvalue weighted by Crippen LogP contribution is 2.24. The Labute approximate surface area is 101 Å². The molecule has 1 aromatic rings. The minimum atomic E-state index is -0.170. The first-order chi connectivity index (χ1) is 8.21. The van der Waals surface area contributed by atoms with Crippen molar-refractivity contribution in [2.24, 2.45) is 5.84 Å². The van der Waals surface area contributed by atoms with Gasteiger partial charge in [-0.05, 0) is 19.3 Å². The molecule has 1 aliphatic rings. The highest BCUT2D eigenvalue weighted by Gasteiger charge is 2.27. The summed E-state index contributed by atoms with van der Waals surface area (Å²) in [6.45, 7) is 2.08. The molecule has 1 heterocycles. The largest absolute Gasteiger partial charge is 0.393 e. The van der Waals surface area contributed by atoms with E-state index in [0.717, 1.165) is 37.3 Å². The summed E-state index contributed by atoms with van der Waals surface area (Å²) in [5, 5.41) is 12.5. The van der Waals surface area contributed by atoms with Crippen LogP contribution in [-0.4, -0.2) is 27.2 Å². The van der Waals surface area contributed by atoms with Crippen molar-refractivity contribution >= 4 is 11.6 Å². The van der Waals surface area contributed by atoms with E-state index in [1.165, 1.54) is 0 Å². The normalized spacial score (nSPS) is 23.0. The number of nitrogens with zero attached hydrogens (tertiary/aromatic N) is 2. The smallest absolute Gasteiger partial charge is 0.145 e. The van der Waals surface area contributed by atoms with Crippen molar-refractivity contribution in [2.45, 2.75) is 44.8 Å². The standard InChI is InChI=1S/C11H19N5O/c1-2-3-9-14-10(6-11(15-9)16-12)13-7-4-8(17)5-7/h6-8,17H,2-5,12H2,1H3,(H2,13,14,15,16). The summed E-state index contributed by atoms with van der Waals surface area (Å²) in [4.78, 5) is 8.69. The zero-order valence-electron chi connectivity index (χ0n) is 9.98. The van der Waals surface area contributed by atoms with Gasteiger partial charge in [-0.25, -0.2) is 15.8 Å². The summed E-state index contributed by atoms with van der Waals surface area (Å²) in [5.41, 5.74) is 2.54. The Bertz CT molecular complexity index is 378. The Morgan fingerprint density at radius 2 is 2.12 bits per heavy atom. The number of anilines is 2. The zero-order valence-corrected chi connectivity index (χ0v) is 9.98. The summed E-state index contributed by atoms with van der Waals surface area (Å²) in [7, 11) is 0. The van der Waals surface area contributed by atoms with Crippen LogP contribution < -0.4 is 16.6 Å². The predicted molar refractivity (Wildman–Crippen MR) is 66.5 cm³/mol. The van der Waals surface area contributed by atoms with E-state index in [4.69, 9.17) is 5.84 Å². The fourth-order valence-corrected chi connectivity index (χ4v) is 1.90. The molecule has 0 aliphatic heterocycles. The van der Waals surface area contributed by atoms with E-state index in [9.17, 15) is 5.11 Å². The molecule has 0 aromatic carbocycles. The molecular weight excluding hydrogens is 218 g/mol. The number of rotatable bonds is 5. The van der Waals surface area contributed by atoms with Gasteiger partial charge in [0.25, 0.3) is 0 Å². The Morgan fingerprint density at radius 3 is 2.71 bits per heavy atom. The molecule has 2 rings (SSSR count). The molecule has 1 aromatic heterocycles. The Hall–Kier alpha value is -1.40. The number of nitrogens with two attached hydrogens (primary N) is 1. The van der Waals surface area contributed by atoms with Gasteiger partial charge in [-0.15, -0.1) is 0 Å². The minimum absolute atomic E-state index is 0.170. The highest BCUT2D eigenvalue weighted by atomic mass is 16.3. The van der Waals surface area contributed by atoms with E-state index in [1.54, 1.807) is 6.07 Å². The number of hydrogen-bond donors (Lipinski definition) is 4. The summed E-state index contributed by atoms with van der Waals surface area (Å²) >= 11 is 0. The predicted octanol–water partition coefficient (Wildman–Crippen LogP) is 0.650. The topological polar surface area (TPSA) is 96.1 Å². The van der Waals surface area contributed by atoms with Gasteiger partial charge in [-0.2, -0.15) is 0 Å². The lowest BCUT2D eigenvalue weighted by Gasteiger charge is -2.32. The number of hydrazine groups is 1. The van der Waals surface area contributed by atoms with Crippen LogP contribution in [0.25, 0.3) is 0 Å². The lowest BCUT2D eigenvalue weighted by Crippen LogP contribution is -2.39. The molecule has 1 saturated carbocycles. The van der Waals surface area contributed by atoms with Crippen LogP contribution in [0.5, 0.6) is 0 Å². The van der Waals surface area contributed by atoms with Crippen molar-refractivity contribution in [3.8, 4) is 0 Å². The van der Waals surface area contributed by atoms with Crippen LogP contribution in [0.3, 0.4) is 0 Å².